The molecule has 1 N–H and O–H groups in total. The highest BCUT2D eigenvalue weighted by molar-refractivity contribution is 6.31. The SMILES string of the molecule is Cc1cnc(NCCCOc2ncc(C(F)(F)F)cc2Cl)nc1. The molecule has 0 radical (unpaired) electrons. The standard InChI is InChI=1S/C14H14ClF3N4O/c1-9-6-21-13(22-7-9)19-3-2-4-23-12-11(15)5-10(8-20-12)14(16,17)18/h5-8H,2-4H2,1H3,(H,19,21,22). The Morgan fingerprint density at radius 1 is 1.17 bits per heavy atom. The zero-order valence-corrected chi connectivity index (χ0v) is 12.9. The van der Waals surface area contributed by atoms with Crippen LogP contribution < -0.4 is 10.1 Å². The Kier molecular flexibility index (Phi) is 5.59. The second kappa shape index (κ2) is 7.45. The van der Waals surface area contributed by atoms with Crippen LogP contribution >= 0.6 is 11.6 Å². The highest BCUT2D eigenvalue weighted by atomic mass is 35.5. The van der Waals surface area contributed by atoms with E-state index in [1.807, 2.05) is 6.92 Å². The Balaban J connectivity index is 1.77. The molecule has 0 saturated carbocycles. The second-order valence-corrected chi connectivity index (χ2v) is 5.13. The maximum absolute atomic E-state index is 12.5. The zero-order valence-electron chi connectivity index (χ0n) is 12.2. The Morgan fingerprint density at radius 2 is 1.87 bits per heavy atom. The highest BCUT2D eigenvalue weighted by Gasteiger charge is 2.31. The van der Waals surface area contributed by atoms with Gasteiger partial charge in [-0.25, -0.2) is 15.0 Å². The Labute approximate surface area is 135 Å². The predicted octanol–water partition coefficient (Wildman–Crippen LogP) is 3.73. The van der Waals surface area contributed by atoms with E-state index in [1.54, 1.807) is 12.4 Å². The molecule has 0 unspecified atom stereocenters. The number of hydrogen-bond acceptors (Lipinski definition) is 5. The van der Waals surface area contributed by atoms with Gasteiger partial charge in [-0.3, -0.25) is 0 Å². The smallest absolute Gasteiger partial charge is 0.417 e. The first-order valence-corrected chi connectivity index (χ1v) is 7.12. The topological polar surface area (TPSA) is 59.9 Å². The van der Waals surface area contributed by atoms with Crippen molar-refractivity contribution in [1.82, 2.24) is 15.0 Å². The molecule has 0 amide bonds. The number of hydrogen-bond donors (Lipinski definition) is 1. The summed E-state index contributed by atoms with van der Waals surface area (Å²) in [4.78, 5) is 11.7. The number of nitrogens with one attached hydrogen (secondary N) is 1. The van der Waals surface area contributed by atoms with Gasteiger partial charge in [0.2, 0.25) is 11.8 Å². The van der Waals surface area contributed by atoms with Gasteiger partial charge in [0.15, 0.2) is 0 Å². The Bertz CT molecular complexity index is 649. The van der Waals surface area contributed by atoms with Crippen LogP contribution in [0.15, 0.2) is 24.7 Å². The summed E-state index contributed by atoms with van der Waals surface area (Å²) in [5, 5.41) is 2.83. The first kappa shape index (κ1) is 17.3. The van der Waals surface area contributed by atoms with Crippen molar-refractivity contribution in [2.24, 2.45) is 0 Å². The molecular formula is C14H14ClF3N4O. The number of anilines is 1. The van der Waals surface area contributed by atoms with E-state index in [4.69, 9.17) is 16.3 Å². The van der Waals surface area contributed by atoms with E-state index in [1.165, 1.54) is 0 Å². The molecule has 0 aliphatic rings. The quantitative estimate of drug-likeness (QED) is 0.807. The molecule has 2 heterocycles. The van der Waals surface area contributed by atoms with Gasteiger partial charge in [0.1, 0.15) is 5.02 Å². The third-order valence-corrected chi connectivity index (χ3v) is 3.03. The summed E-state index contributed by atoms with van der Waals surface area (Å²) in [6, 6.07) is 0.794. The first-order valence-electron chi connectivity index (χ1n) is 6.74. The lowest BCUT2D eigenvalue weighted by Gasteiger charge is -2.10. The van der Waals surface area contributed by atoms with Crippen LogP contribution in [-0.2, 0) is 6.18 Å². The fraction of sp³-hybridized carbons (Fsp3) is 0.357. The van der Waals surface area contributed by atoms with E-state index in [-0.39, 0.29) is 17.5 Å². The van der Waals surface area contributed by atoms with Crippen LogP contribution in [0, 0.1) is 6.92 Å². The van der Waals surface area contributed by atoms with Gasteiger partial charge < -0.3 is 10.1 Å². The van der Waals surface area contributed by atoms with Crippen molar-refractivity contribution < 1.29 is 17.9 Å². The molecule has 5 nitrogen and oxygen atoms in total. The number of aryl methyl sites for hydroxylation is 1. The van der Waals surface area contributed by atoms with Gasteiger partial charge in [0.05, 0.1) is 12.2 Å². The van der Waals surface area contributed by atoms with E-state index < -0.39 is 11.7 Å². The normalized spacial score (nSPS) is 11.3. The molecular weight excluding hydrogens is 333 g/mol. The number of halogens is 4. The summed E-state index contributed by atoms with van der Waals surface area (Å²) in [5.41, 5.74) is 0.0509. The number of aromatic nitrogens is 3. The van der Waals surface area contributed by atoms with Gasteiger partial charge in [-0.15, -0.1) is 0 Å². The van der Waals surface area contributed by atoms with Crippen LogP contribution in [0.2, 0.25) is 5.02 Å². The number of rotatable bonds is 6. The van der Waals surface area contributed by atoms with Crippen LogP contribution in [0.25, 0.3) is 0 Å². The van der Waals surface area contributed by atoms with E-state index >= 15 is 0 Å². The monoisotopic (exact) mass is 346 g/mol. The van der Waals surface area contributed by atoms with Gasteiger partial charge in [-0.2, -0.15) is 13.2 Å². The van der Waals surface area contributed by atoms with E-state index in [9.17, 15) is 13.2 Å². The van der Waals surface area contributed by atoms with Crippen LogP contribution in [0.3, 0.4) is 0 Å². The fourth-order valence-electron chi connectivity index (χ4n) is 1.61. The molecule has 0 saturated heterocycles. The van der Waals surface area contributed by atoms with Crippen molar-refractivity contribution in [3.8, 4) is 5.88 Å². The van der Waals surface area contributed by atoms with Gasteiger partial charge in [0.25, 0.3) is 0 Å². The van der Waals surface area contributed by atoms with Crippen molar-refractivity contribution in [3.63, 3.8) is 0 Å². The van der Waals surface area contributed by atoms with Crippen LogP contribution in [0.5, 0.6) is 5.88 Å². The fourth-order valence-corrected chi connectivity index (χ4v) is 1.83. The van der Waals surface area contributed by atoms with Crippen LogP contribution in [0.4, 0.5) is 19.1 Å². The van der Waals surface area contributed by atoms with Crippen molar-refractivity contribution >= 4 is 17.5 Å². The molecule has 2 aromatic rings. The molecule has 2 aromatic heterocycles. The lowest BCUT2D eigenvalue weighted by Crippen LogP contribution is -2.10. The molecule has 0 aliphatic carbocycles. The minimum atomic E-state index is -4.48. The maximum atomic E-state index is 12.5. The zero-order chi connectivity index (χ0) is 16.9. The Morgan fingerprint density at radius 3 is 2.48 bits per heavy atom. The van der Waals surface area contributed by atoms with Crippen molar-refractivity contribution in [2.45, 2.75) is 19.5 Å². The second-order valence-electron chi connectivity index (χ2n) is 4.72. The molecule has 124 valence electrons. The number of pyridine rings is 1. The molecule has 9 heteroatoms. The first-order chi connectivity index (χ1) is 10.9. The Hall–Kier alpha value is -2.09. The molecule has 23 heavy (non-hydrogen) atoms. The summed E-state index contributed by atoms with van der Waals surface area (Å²) >= 11 is 5.74. The molecule has 0 atom stereocenters. The van der Waals surface area contributed by atoms with Crippen molar-refractivity contribution in [1.29, 1.82) is 0 Å². The average molecular weight is 347 g/mol. The van der Waals surface area contributed by atoms with E-state index in [0.717, 1.165) is 11.6 Å². The molecule has 0 spiro atoms. The van der Waals surface area contributed by atoms with E-state index in [2.05, 4.69) is 20.3 Å². The lowest BCUT2D eigenvalue weighted by atomic mass is 10.3. The minimum Gasteiger partial charge on any atom is -0.477 e. The van der Waals surface area contributed by atoms with Crippen molar-refractivity contribution in [2.75, 3.05) is 18.5 Å². The number of nitrogens with zero attached hydrogens (tertiary/aromatic N) is 3. The summed E-state index contributed by atoms with van der Waals surface area (Å²) in [6.07, 6.45) is 0.179. The molecule has 0 aliphatic heterocycles. The maximum Gasteiger partial charge on any atom is 0.417 e. The molecule has 0 fully saturated rings. The van der Waals surface area contributed by atoms with Crippen molar-refractivity contribution in [3.05, 3.63) is 40.8 Å². The summed E-state index contributed by atoms with van der Waals surface area (Å²) in [6.45, 7) is 2.68. The molecule has 2 rings (SSSR count). The van der Waals surface area contributed by atoms with Gasteiger partial charge in [0, 0.05) is 25.1 Å². The summed E-state index contributed by atoms with van der Waals surface area (Å²) in [7, 11) is 0. The molecule has 0 aromatic carbocycles. The number of alkyl halides is 3. The summed E-state index contributed by atoms with van der Waals surface area (Å²) in [5.74, 6) is 0.479. The lowest BCUT2D eigenvalue weighted by molar-refractivity contribution is -0.137. The van der Waals surface area contributed by atoms with E-state index in [0.29, 0.717) is 25.1 Å². The largest absolute Gasteiger partial charge is 0.477 e. The van der Waals surface area contributed by atoms with Gasteiger partial charge in [-0.1, -0.05) is 11.6 Å². The van der Waals surface area contributed by atoms with Crippen LogP contribution in [-0.4, -0.2) is 28.1 Å². The average Bonchev–Trinajstić information content (AvgIpc) is 2.49. The highest BCUT2D eigenvalue weighted by Crippen LogP contribution is 2.33. The van der Waals surface area contributed by atoms with Crippen LogP contribution in [0.1, 0.15) is 17.5 Å². The third-order valence-electron chi connectivity index (χ3n) is 2.76. The summed E-state index contributed by atoms with van der Waals surface area (Å²) < 4.78 is 42.7. The predicted molar refractivity (Wildman–Crippen MR) is 79.6 cm³/mol. The third kappa shape index (κ3) is 5.24. The van der Waals surface area contributed by atoms with Gasteiger partial charge in [-0.05, 0) is 25.0 Å². The minimum absolute atomic E-state index is 0.0220. The molecule has 0 bridgehead atoms. The number of ether oxygens (including phenoxy) is 1. The van der Waals surface area contributed by atoms with Gasteiger partial charge >= 0.3 is 6.18 Å².